The summed E-state index contributed by atoms with van der Waals surface area (Å²) < 4.78 is 79.2. The molecule has 0 saturated heterocycles. The van der Waals surface area contributed by atoms with Crippen molar-refractivity contribution in [2.45, 2.75) is 68.7 Å². The number of halogens is 3. The third-order valence-electron chi connectivity index (χ3n) is 8.38. The van der Waals surface area contributed by atoms with Crippen LogP contribution in [0.5, 0.6) is 5.75 Å². The Morgan fingerprint density at radius 3 is 2.42 bits per heavy atom. The third kappa shape index (κ3) is 10.2. The van der Waals surface area contributed by atoms with Crippen molar-refractivity contribution in [2.24, 2.45) is 5.92 Å². The second-order valence-corrected chi connectivity index (χ2v) is 15.6. The number of aliphatic hydroxyl groups is 1. The van der Waals surface area contributed by atoms with E-state index in [1.807, 2.05) is 13.8 Å². The van der Waals surface area contributed by atoms with Crippen molar-refractivity contribution in [2.75, 3.05) is 44.0 Å². The number of hydrogen-bond acceptors (Lipinski definition) is 8. The molecule has 0 saturated carbocycles. The maximum Gasteiger partial charge on any atom is 0.416 e. The molecule has 0 aliphatic carbocycles. The van der Waals surface area contributed by atoms with Crippen molar-refractivity contribution in [3.8, 4) is 5.75 Å². The predicted molar refractivity (Wildman–Crippen MR) is 185 cm³/mol. The third-order valence-corrected chi connectivity index (χ3v) is 11.6. The number of fused-ring (bicyclic) bond motifs is 1. The molecule has 1 aliphatic rings. The number of thiophene rings is 1. The molecule has 1 aliphatic heterocycles. The van der Waals surface area contributed by atoms with Crippen molar-refractivity contribution in [1.82, 2.24) is 9.21 Å². The Labute approximate surface area is 294 Å². The highest BCUT2D eigenvalue weighted by molar-refractivity contribution is 7.91. The molecule has 2 aromatic carbocycles. The Balaban J connectivity index is 1.60. The topological polar surface area (TPSA) is 138 Å². The van der Waals surface area contributed by atoms with Gasteiger partial charge in [0.15, 0.2) is 0 Å². The zero-order chi connectivity index (χ0) is 36.6. The molecule has 3 amide bonds. The van der Waals surface area contributed by atoms with Crippen molar-refractivity contribution in [3.05, 3.63) is 71.1 Å². The summed E-state index contributed by atoms with van der Waals surface area (Å²) >= 11 is 1.12. The fourth-order valence-corrected chi connectivity index (χ4v) is 7.80. The van der Waals surface area contributed by atoms with E-state index in [0.29, 0.717) is 19.4 Å². The lowest BCUT2D eigenvalue weighted by Crippen LogP contribution is -2.48. The second kappa shape index (κ2) is 17.0. The van der Waals surface area contributed by atoms with Gasteiger partial charge in [-0.15, -0.1) is 11.3 Å². The maximum absolute atomic E-state index is 14.3. The highest BCUT2D eigenvalue weighted by Crippen LogP contribution is 2.31. The van der Waals surface area contributed by atoms with Gasteiger partial charge in [-0.05, 0) is 87.0 Å². The summed E-state index contributed by atoms with van der Waals surface area (Å²) in [5.41, 5.74) is -0.398. The standard InChI is InChI=1S/C34H43F3N4O7S2/c1-22-19-41(23(2)21-42)32(43)28-18-27(39-33(44)38-26-12-10-25(11-13-26)34(35,36)37)14-15-29(28)48-24(3)8-5-6-16-47-30(22)20-40(4)50(45,46)31-9-7-17-49-31/h7,9-15,17-18,22-24,30,42H,5-6,8,16,19-21H2,1-4H3,(H2,38,39,44)/t22-,23+,24+,30-/m1/s1. The Bertz CT molecular complexity index is 1690. The number of alkyl halides is 3. The normalized spacial score (nSPS) is 20.4. The van der Waals surface area contributed by atoms with Crippen molar-refractivity contribution < 1.29 is 45.8 Å². The molecule has 16 heteroatoms. The van der Waals surface area contributed by atoms with Crippen LogP contribution in [0.1, 0.15) is 56.0 Å². The number of amides is 3. The molecule has 0 spiro atoms. The quantitative estimate of drug-likeness (QED) is 0.239. The van der Waals surface area contributed by atoms with E-state index < -0.39 is 45.8 Å². The van der Waals surface area contributed by atoms with Crippen LogP contribution in [0, 0.1) is 5.92 Å². The Hall–Kier alpha value is -3.70. The van der Waals surface area contributed by atoms with E-state index in [-0.39, 0.29) is 58.6 Å². The molecule has 1 aromatic heterocycles. The molecular formula is C34H43F3N4O7S2. The van der Waals surface area contributed by atoms with Gasteiger partial charge in [0.05, 0.1) is 36.0 Å². The molecule has 2 heterocycles. The van der Waals surface area contributed by atoms with E-state index in [0.717, 1.165) is 42.0 Å². The number of nitrogens with one attached hydrogen (secondary N) is 2. The Kier molecular flexibility index (Phi) is 13.3. The smallest absolute Gasteiger partial charge is 0.416 e. The lowest BCUT2D eigenvalue weighted by molar-refractivity contribution is -0.137. The summed E-state index contributed by atoms with van der Waals surface area (Å²) in [6.45, 7) is 5.55. The molecule has 3 aromatic rings. The molecule has 3 N–H and O–H groups in total. The molecule has 0 radical (unpaired) electrons. The van der Waals surface area contributed by atoms with E-state index in [4.69, 9.17) is 9.47 Å². The Morgan fingerprint density at radius 1 is 1.10 bits per heavy atom. The zero-order valence-electron chi connectivity index (χ0n) is 28.3. The molecule has 11 nitrogen and oxygen atoms in total. The first-order valence-corrected chi connectivity index (χ1v) is 18.5. The van der Waals surface area contributed by atoms with Gasteiger partial charge < -0.3 is 30.1 Å². The van der Waals surface area contributed by atoms with Gasteiger partial charge in [-0.3, -0.25) is 4.79 Å². The number of urea groups is 1. The van der Waals surface area contributed by atoms with Gasteiger partial charge in [-0.1, -0.05) is 13.0 Å². The van der Waals surface area contributed by atoms with Crippen LogP contribution in [0.25, 0.3) is 0 Å². The predicted octanol–water partition coefficient (Wildman–Crippen LogP) is 6.53. The minimum absolute atomic E-state index is 0.0369. The summed E-state index contributed by atoms with van der Waals surface area (Å²) in [7, 11) is -2.27. The van der Waals surface area contributed by atoms with Crippen LogP contribution in [0.3, 0.4) is 0 Å². The van der Waals surface area contributed by atoms with Gasteiger partial charge >= 0.3 is 12.2 Å². The van der Waals surface area contributed by atoms with Crippen LogP contribution >= 0.6 is 11.3 Å². The van der Waals surface area contributed by atoms with Crippen molar-refractivity contribution in [1.29, 1.82) is 0 Å². The number of benzene rings is 2. The van der Waals surface area contributed by atoms with E-state index in [9.17, 15) is 36.3 Å². The molecular weight excluding hydrogens is 698 g/mol. The van der Waals surface area contributed by atoms with Gasteiger partial charge in [-0.2, -0.15) is 17.5 Å². The summed E-state index contributed by atoms with van der Waals surface area (Å²) in [5, 5.41) is 17.0. The number of ether oxygens (including phenoxy) is 2. The molecule has 0 unspecified atom stereocenters. The first-order chi connectivity index (χ1) is 23.6. The lowest BCUT2D eigenvalue weighted by Gasteiger charge is -2.35. The number of aliphatic hydroxyl groups excluding tert-OH is 1. The van der Waals surface area contributed by atoms with Crippen LogP contribution in [0.4, 0.5) is 29.3 Å². The molecule has 274 valence electrons. The van der Waals surface area contributed by atoms with Gasteiger partial charge in [-0.25, -0.2) is 13.2 Å². The van der Waals surface area contributed by atoms with E-state index in [2.05, 4.69) is 10.6 Å². The number of carbonyl (C=O) groups excluding carboxylic acids is 2. The summed E-state index contributed by atoms with van der Waals surface area (Å²) in [6, 6.07) is 10.3. The number of sulfonamides is 1. The monoisotopic (exact) mass is 740 g/mol. The van der Waals surface area contributed by atoms with Crippen molar-refractivity contribution >= 4 is 44.7 Å². The summed E-state index contributed by atoms with van der Waals surface area (Å²) in [4.78, 5) is 28.6. The van der Waals surface area contributed by atoms with Gasteiger partial charge in [0, 0.05) is 44.0 Å². The van der Waals surface area contributed by atoms with Crippen LogP contribution in [0.2, 0.25) is 0 Å². The number of carbonyl (C=O) groups is 2. The van der Waals surface area contributed by atoms with Crippen LogP contribution in [-0.4, -0.2) is 86.3 Å². The maximum atomic E-state index is 14.3. The first kappa shape index (κ1) is 39.1. The minimum atomic E-state index is -4.52. The summed E-state index contributed by atoms with van der Waals surface area (Å²) in [5.74, 6) is -0.607. The highest BCUT2D eigenvalue weighted by Gasteiger charge is 2.33. The Morgan fingerprint density at radius 2 is 1.78 bits per heavy atom. The number of nitrogens with zero attached hydrogens (tertiary/aromatic N) is 2. The van der Waals surface area contributed by atoms with E-state index in [1.165, 1.54) is 22.3 Å². The number of anilines is 2. The number of rotatable bonds is 8. The van der Waals surface area contributed by atoms with Crippen LogP contribution in [-0.2, 0) is 20.9 Å². The molecule has 4 rings (SSSR count). The van der Waals surface area contributed by atoms with E-state index in [1.54, 1.807) is 36.6 Å². The van der Waals surface area contributed by atoms with E-state index >= 15 is 0 Å². The average molecular weight is 741 g/mol. The SMILES string of the molecule is C[C@@H]1CN([C@@H](C)CO)C(=O)c2cc(NC(=O)Nc3ccc(C(F)(F)F)cc3)ccc2O[C@@H](C)CCCCO[C@@H]1CN(C)S(=O)(=O)c1cccs1. The summed E-state index contributed by atoms with van der Waals surface area (Å²) in [6.07, 6.45) is -3.34. The molecule has 0 bridgehead atoms. The van der Waals surface area contributed by atoms with Gasteiger partial charge in [0.1, 0.15) is 9.96 Å². The van der Waals surface area contributed by atoms with Gasteiger partial charge in [0.2, 0.25) is 0 Å². The van der Waals surface area contributed by atoms with Gasteiger partial charge in [0.25, 0.3) is 15.9 Å². The first-order valence-electron chi connectivity index (χ1n) is 16.2. The fourth-order valence-electron chi connectivity index (χ4n) is 5.41. The molecule has 50 heavy (non-hydrogen) atoms. The zero-order valence-corrected chi connectivity index (χ0v) is 29.9. The fraction of sp³-hybridized carbons (Fsp3) is 0.471. The number of likely N-dealkylation sites (N-methyl/N-ethyl adjacent to an activating group) is 1. The highest BCUT2D eigenvalue weighted by atomic mass is 32.2. The minimum Gasteiger partial charge on any atom is -0.490 e. The van der Waals surface area contributed by atoms with Crippen LogP contribution < -0.4 is 15.4 Å². The number of hydrogen-bond donors (Lipinski definition) is 3. The second-order valence-electron chi connectivity index (χ2n) is 12.4. The van der Waals surface area contributed by atoms with Crippen molar-refractivity contribution in [3.63, 3.8) is 0 Å². The molecule has 4 atom stereocenters. The van der Waals surface area contributed by atoms with Crippen LogP contribution in [0.15, 0.2) is 64.2 Å². The molecule has 0 fully saturated rings. The average Bonchev–Trinajstić information content (AvgIpc) is 3.62. The lowest BCUT2D eigenvalue weighted by atomic mass is 10.0. The largest absolute Gasteiger partial charge is 0.490 e.